The van der Waals surface area contributed by atoms with Crippen LogP contribution in [0.4, 0.5) is 0 Å². The summed E-state index contributed by atoms with van der Waals surface area (Å²) < 4.78 is 5.11. The first-order valence-corrected chi connectivity index (χ1v) is 4.19. The van der Waals surface area contributed by atoms with Gasteiger partial charge in [-0.05, 0) is 26.2 Å². The molecular weight excluding hydrogens is 136 g/mol. The molecule has 2 unspecified atom stereocenters. The first kappa shape index (κ1) is 10.5. The maximum Gasteiger partial charge on any atom is 0.0543 e. The van der Waals surface area contributed by atoms with Gasteiger partial charge in [-0.2, -0.15) is 0 Å². The Hall–Kier alpha value is -0.480. The molecule has 0 aromatic heterocycles. The number of terminal acetylenes is 1. The molecule has 1 heteroatoms. The molecule has 0 radical (unpaired) electrons. The van der Waals surface area contributed by atoms with Crippen molar-refractivity contribution >= 4 is 0 Å². The third-order valence-corrected chi connectivity index (χ3v) is 1.93. The summed E-state index contributed by atoms with van der Waals surface area (Å²) in [5.41, 5.74) is 0. The van der Waals surface area contributed by atoms with Gasteiger partial charge in [0.25, 0.3) is 0 Å². The third kappa shape index (κ3) is 5.94. The first-order chi connectivity index (χ1) is 5.20. The molecule has 0 saturated heterocycles. The summed E-state index contributed by atoms with van der Waals surface area (Å²) in [5, 5.41) is 0. The quantitative estimate of drug-likeness (QED) is 0.553. The number of rotatable bonds is 5. The van der Waals surface area contributed by atoms with E-state index < -0.39 is 0 Å². The van der Waals surface area contributed by atoms with Crippen molar-refractivity contribution in [3.8, 4) is 12.3 Å². The highest BCUT2D eigenvalue weighted by molar-refractivity contribution is 4.89. The molecule has 0 rings (SSSR count). The lowest BCUT2D eigenvalue weighted by Gasteiger charge is -2.09. The van der Waals surface area contributed by atoms with Crippen LogP contribution in [0.25, 0.3) is 0 Å². The Morgan fingerprint density at radius 3 is 2.45 bits per heavy atom. The topological polar surface area (TPSA) is 9.23 Å². The molecule has 0 N–H and O–H groups in total. The summed E-state index contributed by atoms with van der Waals surface area (Å²) in [5.74, 6) is 3.13. The van der Waals surface area contributed by atoms with Crippen molar-refractivity contribution in [3.05, 3.63) is 0 Å². The number of hydrogen-bond donors (Lipinski definition) is 0. The van der Waals surface area contributed by atoms with Gasteiger partial charge in [0, 0.05) is 13.0 Å². The monoisotopic (exact) mass is 154 g/mol. The zero-order valence-corrected chi connectivity index (χ0v) is 7.76. The molecule has 0 amide bonds. The predicted octanol–water partition coefficient (Wildman–Crippen LogP) is 2.46. The van der Waals surface area contributed by atoms with Crippen LogP contribution in [0, 0.1) is 18.3 Å². The van der Waals surface area contributed by atoms with E-state index in [2.05, 4.69) is 19.8 Å². The van der Waals surface area contributed by atoms with Crippen LogP contribution in [-0.2, 0) is 4.74 Å². The Kier molecular flexibility index (Phi) is 5.97. The summed E-state index contributed by atoms with van der Waals surface area (Å²) in [6.07, 6.45) is 9.01. The Balaban J connectivity index is 3.21. The van der Waals surface area contributed by atoms with E-state index >= 15 is 0 Å². The first-order valence-electron chi connectivity index (χ1n) is 4.19. The molecule has 0 aromatic carbocycles. The van der Waals surface area contributed by atoms with Gasteiger partial charge in [0.2, 0.25) is 0 Å². The molecule has 0 heterocycles. The van der Waals surface area contributed by atoms with Crippen LogP contribution in [0.1, 0.15) is 33.1 Å². The maximum absolute atomic E-state index is 5.24. The Morgan fingerprint density at radius 2 is 2.00 bits per heavy atom. The van der Waals surface area contributed by atoms with Crippen molar-refractivity contribution in [2.24, 2.45) is 5.92 Å². The minimum atomic E-state index is 0.375. The fourth-order valence-electron chi connectivity index (χ4n) is 0.913. The van der Waals surface area contributed by atoms with Crippen LogP contribution in [0.2, 0.25) is 0 Å². The molecule has 0 aliphatic carbocycles. The van der Waals surface area contributed by atoms with E-state index in [4.69, 9.17) is 11.2 Å². The lowest BCUT2D eigenvalue weighted by atomic mass is 10.0. The number of hydrogen-bond acceptors (Lipinski definition) is 1. The van der Waals surface area contributed by atoms with Gasteiger partial charge in [-0.25, -0.2) is 0 Å². The van der Waals surface area contributed by atoms with E-state index in [1.807, 2.05) is 0 Å². The highest BCUT2D eigenvalue weighted by Gasteiger charge is 2.00. The SMILES string of the molecule is C#CC(C)CCCC(C)OC. The molecule has 0 fully saturated rings. The molecule has 0 aliphatic rings. The summed E-state index contributed by atoms with van der Waals surface area (Å²) in [6.45, 7) is 4.16. The molecule has 0 aliphatic heterocycles. The van der Waals surface area contributed by atoms with Gasteiger partial charge in [-0.3, -0.25) is 0 Å². The fourth-order valence-corrected chi connectivity index (χ4v) is 0.913. The third-order valence-electron chi connectivity index (χ3n) is 1.93. The van der Waals surface area contributed by atoms with Crippen molar-refractivity contribution in [2.45, 2.75) is 39.2 Å². The van der Waals surface area contributed by atoms with E-state index in [9.17, 15) is 0 Å². The zero-order valence-electron chi connectivity index (χ0n) is 7.76. The fraction of sp³-hybridized carbons (Fsp3) is 0.800. The van der Waals surface area contributed by atoms with Crippen molar-refractivity contribution in [2.75, 3.05) is 7.11 Å². The molecule has 0 bridgehead atoms. The highest BCUT2D eigenvalue weighted by Crippen LogP contribution is 2.09. The van der Waals surface area contributed by atoms with E-state index in [0.29, 0.717) is 12.0 Å². The molecular formula is C10H18O. The molecule has 0 saturated carbocycles. The van der Waals surface area contributed by atoms with Crippen LogP contribution >= 0.6 is 0 Å². The second-order valence-electron chi connectivity index (χ2n) is 3.04. The van der Waals surface area contributed by atoms with E-state index in [0.717, 1.165) is 12.8 Å². The summed E-state index contributed by atoms with van der Waals surface area (Å²) in [7, 11) is 1.75. The minimum absolute atomic E-state index is 0.375. The average molecular weight is 154 g/mol. The van der Waals surface area contributed by atoms with Gasteiger partial charge >= 0.3 is 0 Å². The lowest BCUT2D eigenvalue weighted by Crippen LogP contribution is -2.04. The smallest absolute Gasteiger partial charge is 0.0543 e. The lowest BCUT2D eigenvalue weighted by molar-refractivity contribution is 0.108. The Labute approximate surface area is 70.1 Å². The van der Waals surface area contributed by atoms with Gasteiger partial charge in [-0.1, -0.05) is 6.92 Å². The molecule has 11 heavy (non-hydrogen) atoms. The van der Waals surface area contributed by atoms with Crippen LogP contribution in [0.3, 0.4) is 0 Å². The average Bonchev–Trinajstić information content (AvgIpc) is 2.04. The molecule has 0 aromatic rings. The van der Waals surface area contributed by atoms with Crippen LogP contribution in [-0.4, -0.2) is 13.2 Å². The summed E-state index contributed by atoms with van der Waals surface area (Å²) in [6, 6.07) is 0. The van der Waals surface area contributed by atoms with Crippen molar-refractivity contribution < 1.29 is 4.74 Å². The summed E-state index contributed by atoms with van der Waals surface area (Å²) >= 11 is 0. The minimum Gasteiger partial charge on any atom is -0.382 e. The van der Waals surface area contributed by atoms with E-state index in [1.54, 1.807) is 7.11 Å². The van der Waals surface area contributed by atoms with Crippen LogP contribution in [0.5, 0.6) is 0 Å². The van der Waals surface area contributed by atoms with Gasteiger partial charge < -0.3 is 4.74 Å². The second kappa shape index (κ2) is 6.24. The van der Waals surface area contributed by atoms with Crippen molar-refractivity contribution in [1.29, 1.82) is 0 Å². The van der Waals surface area contributed by atoms with Gasteiger partial charge in [0.1, 0.15) is 0 Å². The normalized spacial score (nSPS) is 15.5. The van der Waals surface area contributed by atoms with Gasteiger partial charge in [-0.15, -0.1) is 12.3 Å². The second-order valence-corrected chi connectivity index (χ2v) is 3.04. The highest BCUT2D eigenvalue weighted by atomic mass is 16.5. The molecule has 1 nitrogen and oxygen atoms in total. The standard InChI is InChI=1S/C10H18O/c1-5-9(2)7-6-8-10(3)11-4/h1,9-10H,6-8H2,2-4H3. The van der Waals surface area contributed by atoms with Crippen LogP contribution in [0.15, 0.2) is 0 Å². The largest absolute Gasteiger partial charge is 0.382 e. The maximum atomic E-state index is 5.24. The van der Waals surface area contributed by atoms with Gasteiger partial charge in [0.15, 0.2) is 0 Å². The molecule has 64 valence electrons. The predicted molar refractivity (Wildman–Crippen MR) is 48.3 cm³/mol. The van der Waals surface area contributed by atoms with Gasteiger partial charge in [0.05, 0.1) is 6.10 Å². The Morgan fingerprint density at radius 1 is 1.36 bits per heavy atom. The number of methoxy groups -OCH3 is 1. The number of ether oxygens (including phenoxy) is 1. The van der Waals surface area contributed by atoms with Crippen molar-refractivity contribution in [3.63, 3.8) is 0 Å². The van der Waals surface area contributed by atoms with Crippen molar-refractivity contribution in [1.82, 2.24) is 0 Å². The van der Waals surface area contributed by atoms with E-state index in [1.165, 1.54) is 6.42 Å². The molecule has 2 atom stereocenters. The Bertz CT molecular complexity index is 123. The van der Waals surface area contributed by atoms with E-state index in [-0.39, 0.29) is 0 Å². The van der Waals surface area contributed by atoms with Crippen LogP contribution < -0.4 is 0 Å². The zero-order chi connectivity index (χ0) is 8.69. The molecule has 0 spiro atoms. The summed E-state index contributed by atoms with van der Waals surface area (Å²) in [4.78, 5) is 0.